The Balaban J connectivity index is 1.38. The molecule has 184 valence electrons. The van der Waals surface area contributed by atoms with Gasteiger partial charge in [0.25, 0.3) is 15.9 Å². The molecule has 1 N–H and O–H groups in total. The molecule has 36 heavy (non-hydrogen) atoms. The van der Waals surface area contributed by atoms with E-state index in [0.717, 1.165) is 0 Å². The Labute approximate surface area is 211 Å². The van der Waals surface area contributed by atoms with Crippen molar-refractivity contribution < 1.29 is 22.7 Å². The van der Waals surface area contributed by atoms with Gasteiger partial charge in [0.1, 0.15) is 11.5 Å². The summed E-state index contributed by atoms with van der Waals surface area (Å²) in [6.45, 7) is 1.82. The first-order chi connectivity index (χ1) is 17.5. The van der Waals surface area contributed by atoms with Gasteiger partial charge < -0.3 is 14.8 Å². The van der Waals surface area contributed by atoms with Crippen LogP contribution in [0.3, 0.4) is 0 Å². The van der Waals surface area contributed by atoms with Crippen LogP contribution < -0.4 is 19.1 Å². The molecule has 0 aromatic heterocycles. The van der Waals surface area contributed by atoms with Crippen LogP contribution in [0.4, 0.5) is 11.4 Å². The van der Waals surface area contributed by atoms with E-state index in [1.54, 1.807) is 79.7 Å². The third-order valence-corrected chi connectivity index (χ3v) is 7.16. The van der Waals surface area contributed by atoms with Crippen LogP contribution in [0.5, 0.6) is 17.2 Å². The van der Waals surface area contributed by atoms with Crippen LogP contribution in [0.2, 0.25) is 0 Å². The number of para-hydroxylation sites is 3. The smallest absolute Gasteiger partial charge is 0.264 e. The number of nitrogens with zero attached hydrogens (tertiary/aromatic N) is 1. The number of amides is 1. The largest absolute Gasteiger partial charge is 0.484 e. The molecular weight excluding hydrogens is 476 g/mol. The molecule has 0 aliphatic rings. The maximum absolute atomic E-state index is 13.0. The minimum atomic E-state index is -3.69. The van der Waals surface area contributed by atoms with E-state index >= 15 is 0 Å². The summed E-state index contributed by atoms with van der Waals surface area (Å²) in [7, 11) is -3.69. The number of ether oxygens (including phenoxy) is 2. The van der Waals surface area contributed by atoms with Gasteiger partial charge in [-0.05, 0) is 67.6 Å². The summed E-state index contributed by atoms with van der Waals surface area (Å²) < 4.78 is 38.8. The van der Waals surface area contributed by atoms with Gasteiger partial charge in [0.05, 0.1) is 16.3 Å². The van der Waals surface area contributed by atoms with Gasteiger partial charge in [0, 0.05) is 6.54 Å². The van der Waals surface area contributed by atoms with Crippen LogP contribution in [0.1, 0.15) is 6.92 Å². The Bertz CT molecular complexity index is 1390. The number of carbonyl (C=O) groups excluding carboxylic acids is 1. The van der Waals surface area contributed by atoms with Crippen molar-refractivity contribution in [1.82, 2.24) is 0 Å². The normalized spacial score (nSPS) is 10.9. The van der Waals surface area contributed by atoms with E-state index in [4.69, 9.17) is 9.47 Å². The summed E-state index contributed by atoms with van der Waals surface area (Å²) in [5, 5.41) is 2.80. The van der Waals surface area contributed by atoms with Crippen LogP contribution in [0.25, 0.3) is 0 Å². The lowest BCUT2D eigenvalue weighted by Crippen LogP contribution is -2.30. The minimum Gasteiger partial charge on any atom is -0.484 e. The van der Waals surface area contributed by atoms with Crippen LogP contribution in [0.15, 0.2) is 114 Å². The molecule has 0 aliphatic heterocycles. The number of hydrogen-bond donors (Lipinski definition) is 1. The molecule has 0 radical (unpaired) electrons. The zero-order chi connectivity index (χ0) is 25.4. The summed E-state index contributed by atoms with van der Waals surface area (Å²) in [4.78, 5) is 12.7. The first kappa shape index (κ1) is 24.8. The van der Waals surface area contributed by atoms with Gasteiger partial charge in [0.2, 0.25) is 0 Å². The van der Waals surface area contributed by atoms with Crippen LogP contribution >= 0.6 is 0 Å². The molecule has 0 heterocycles. The van der Waals surface area contributed by atoms with Crippen LogP contribution in [0, 0.1) is 0 Å². The Hall–Kier alpha value is -4.30. The monoisotopic (exact) mass is 502 g/mol. The highest BCUT2D eigenvalue weighted by Crippen LogP contribution is 2.29. The number of carbonyl (C=O) groups is 1. The van der Waals surface area contributed by atoms with Crippen molar-refractivity contribution in [3.63, 3.8) is 0 Å². The molecule has 1 amide bonds. The highest BCUT2D eigenvalue weighted by molar-refractivity contribution is 7.92. The molecule has 0 saturated heterocycles. The molecule has 0 spiro atoms. The highest BCUT2D eigenvalue weighted by atomic mass is 32.2. The fraction of sp³-hybridized carbons (Fsp3) is 0.107. The van der Waals surface area contributed by atoms with E-state index in [0.29, 0.717) is 28.6 Å². The van der Waals surface area contributed by atoms with E-state index in [2.05, 4.69) is 5.32 Å². The summed E-state index contributed by atoms with van der Waals surface area (Å²) >= 11 is 0. The number of anilines is 2. The van der Waals surface area contributed by atoms with Crippen molar-refractivity contribution in [2.45, 2.75) is 11.8 Å². The van der Waals surface area contributed by atoms with Crippen molar-refractivity contribution in [1.29, 1.82) is 0 Å². The molecule has 4 aromatic rings. The fourth-order valence-electron chi connectivity index (χ4n) is 3.53. The highest BCUT2D eigenvalue weighted by Gasteiger charge is 2.23. The molecule has 0 aliphatic carbocycles. The Morgan fingerprint density at radius 3 is 2.06 bits per heavy atom. The molecule has 7 nitrogen and oxygen atoms in total. The maximum Gasteiger partial charge on any atom is 0.264 e. The van der Waals surface area contributed by atoms with E-state index < -0.39 is 10.0 Å². The Morgan fingerprint density at radius 1 is 0.778 bits per heavy atom. The molecule has 0 unspecified atom stereocenters. The predicted octanol–water partition coefficient (Wildman–Crippen LogP) is 5.71. The van der Waals surface area contributed by atoms with Gasteiger partial charge in [-0.2, -0.15) is 0 Å². The molecular formula is C28H26N2O5S. The molecule has 4 aromatic carbocycles. The zero-order valence-corrected chi connectivity index (χ0v) is 20.5. The van der Waals surface area contributed by atoms with Gasteiger partial charge in [0.15, 0.2) is 12.4 Å². The second-order valence-corrected chi connectivity index (χ2v) is 9.59. The van der Waals surface area contributed by atoms with E-state index in [1.807, 2.05) is 36.4 Å². The second-order valence-electron chi connectivity index (χ2n) is 7.72. The van der Waals surface area contributed by atoms with Crippen LogP contribution in [-0.4, -0.2) is 27.5 Å². The minimum absolute atomic E-state index is 0.223. The summed E-state index contributed by atoms with van der Waals surface area (Å²) in [5.74, 6) is 1.26. The van der Waals surface area contributed by atoms with Crippen molar-refractivity contribution in [3.8, 4) is 17.2 Å². The lowest BCUT2D eigenvalue weighted by Gasteiger charge is -2.23. The number of sulfonamides is 1. The van der Waals surface area contributed by atoms with E-state index in [1.165, 1.54) is 4.31 Å². The van der Waals surface area contributed by atoms with Crippen LogP contribution in [-0.2, 0) is 14.8 Å². The first-order valence-corrected chi connectivity index (χ1v) is 12.8. The van der Waals surface area contributed by atoms with Crippen molar-refractivity contribution in [2.24, 2.45) is 0 Å². The molecule has 0 fully saturated rings. The second kappa shape index (κ2) is 11.4. The molecule has 8 heteroatoms. The molecule has 4 rings (SSSR count). The standard InChI is InChI=1S/C28H26N2O5S/c1-2-30(36(32,33)25-13-7-4-8-14-25)22-17-19-23(20-18-22)34-21-28(31)29-26-15-9-10-16-27(26)35-24-11-5-3-6-12-24/h3-20H,2,21H2,1H3,(H,29,31). The lowest BCUT2D eigenvalue weighted by atomic mass is 10.3. The van der Waals surface area contributed by atoms with Crippen molar-refractivity contribution >= 4 is 27.3 Å². The number of hydrogen-bond acceptors (Lipinski definition) is 5. The third-order valence-electron chi connectivity index (χ3n) is 5.25. The quantitative estimate of drug-likeness (QED) is 0.300. The first-order valence-electron chi connectivity index (χ1n) is 11.4. The van der Waals surface area contributed by atoms with Gasteiger partial charge in [-0.15, -0.1) is 0 Å². The number of rotatable bonds is 10. The van der Waals surface area contributed by atoms with Crippen molar-refractivity contribution in [2.75, 3.05) is 22.8 Å². The average molecular weight is 503 g/mol. The topological polar surface area (TPSA) is 84.9 Å². The van der Waals surface area contributed by atoms with Crippen molar-refractivity contribution in [3.05, 3.63) is 109 Å². The third kappa shape index (κ3) is 6.03. The zero-order valence-electron chi connectivity index (χ0n) is 19.7. The summed E-state index contributed by atoms with van der Waals surface area (Å²) in [6, 6.07) is 31.3. The predicted molar refractivity (Wildman–Crippen MR) is 140 cm³/mol. The van der Waals surface area contributed by atoms with Gasteiger partial charge in [-0.1, -0.05) is 48.5 Å². The van der Waals surface area contributed by atoms with E-state index in [9.17, 15) is 13.2 Å². The maximum atomic E-state index is 13.0. The van der Waals surface area contributed by atoms with Gasteiger partial charge >= 0.3 is 0 Å². The van der Waals surface area contributed by atoms with Gasteiger partial charge in [-0.3, -0.25) is 9.10 Å². The Kier molecular flexibility index (Phi) is 7.87. The summed E-state index contributed by atoms with van der Waals surface area (Å²) in [5.41, 5.74) is 1.03. The SMILES string of the molecule is CCN(c1ccc(OCC(=O)Nc2ccccc2Oc2ccccc2)cc1)S(=O)(=O)c1ccccc1. The van der Waals surface area contributed by atoms with E-state index in [-0.39, 0.29) is 24.0 Å². The average Bonchev–Trinajstić information content (AvgIpc) is 2.91. The fourth-order valence-corrected chi connectivity index (χ4v) is 5.02. The Morgan fingerprint density at radius 2 is 1.39 bits per heavy atom. The van der Waals surface area contributed by atoms with Gasteiger partial charge in [-0.25, -0.2) is 8.42 Å². The number of nitrogens with one attached hydrogen (secondary N) is 1. The molecule has 0 saturated carbocycles. The molecule has 0 atom stereocenters. The number of benzene rings is 4. The summed E-state index contributed by atoms with van der Waals surface area (Å²) in [6.07, 6.45) is 0. The molecule has 0 bridgehead atoms. The lowest BCUT2D eigenvalue weighted by molar-refractivity contribution is -0.118.